The maximum atomic E-state index is 12.4. The lowest BCUT2D eigenvalue weighted by Gasteiger charge is -2.26. The van der Waals surface area contributed by atoms with E-state index in [1.165, 1.54) is 11.5 Å². The van der Waals surface area contributed by atoms with E-state index in [-0.39, 0.29) is 18.2 Å². The summed E-state index contributed by atoms with van der Waals surface area (Å²) in [6, 6.07) is 15.9. The topological polar surface area (TPSA) is 93.8 Å². The number of benzene rings is 2. The highest BCUT2D eigenvalue weighted by atomic mass is 16.5. The van der Waals surface area contributed by atoms with Gasteiger partial charge in [-0.25, -0.2) is 0 Å². The molecule has 2 heterocycles. The molecule has 1 aromatic heterocycles. The van der Waals surface area contributed by atoms with Crippen molar-refractivity contribution in [2.45, 2.75) is 38.7 Å². The Bertz CT molecular complexity index is 1010. The number of ether oxygens (including phenoxy) is 2. The molecule has 0 radical (unpaired) electrons. The van der Waals surface area contributed by atoms with Gasteiger partial charge in [0.1, 0.15) is 12.3 Å². The Morgan fingerprint density at radius 2 is 2.07 bits per heavy atom. The van der Waals surface area contributed by atoms with Crippen molar-refractivity contribution in [1.29, 1.82) is 0 Å². The number of carbonyl (C=O) groups excluding carboxylic acids is 1. The molecule has 2 N–H and O–H groups in total. The Morgan fingerprint density at radius 1 is 1.23 bits per heavy atom. The average Bonchev–Trinajstić information content (AvgIpc) is 3.39. The maximum Gasteiger partial charge on any atom is 0.275 e. The van der Waals surface area contributed by atoms with Gasteiger partial charge in [-0.05, 0) is 48.1 Å². The molecule has 1 aliphatic rings. The molecule has 30 heavy (non-hydrogen) atoms. The van der Waals surface area contributed by atoms with Crippen LogP contribution in [0.1, 0.15) is 41.6 Å². The molecule has 1 saturated heterocycles. The first kappa shape index (κ1) is 20.5. The predicted molar refractivity (Wildman–Crippen MR) is 111 cm³/mol. The van der Waals surface area contributed by atoms with E-state index in [0.29, 0.717) is 32.0 Å². The summed E-state index contributed by atoms with van der Waals surface area (Å²) in [6.45, 7) is 3.50. The van der Waals surface area contributed by atoms with Crippen LogP contribution in [0.25, 0.3) is 10.8 Å². The Labute approximate surface area is 175 Å². The van der Waals surface area contributed by atoms with Gasteiger partial charge in [0.15, 0.2) is 11.5 Å². The molecule has 7 heteroatoms. The van der Waals surface area contributed by atoms with Gasteiger partial charge in [0.05, 0.1) is 6.61 Å². The number of nitrogens with one attached hydrogen (secondary N) is 1. The average molecular weight is 410 g/mol. The molecule has 4 rings (SSSR count). The minimum Gasteiger partial charge on any atom is -0.381 e. The molecule has 2 unspecified atom stereocenters. The van der Waals surface area contributed by atoms with E-state index in [1.807, 2.05) is 18.2 Å². The first-order valence-corrected chi connectivity index (χ1v) is 10.1. The van der Waals surface area contributed by atoms with Gasteiger partial charge in [-0.3, -0.25) is 4.79 Å². The highest BCUT2D eigenvalue weighted by Crippen LogP contribution is 2.23. The van der Waals surface area contributed by atoms with E-state index in [1.54, 1.807) is 6.92 Å². The molecule has 0 spiro atoms. The first-order valence-electron chi connectivity index (χ1n) is 10.1. The van der Waals surface area contributed by atoms with Gasteiger partial charge in [0.25, 0.3) is 5.91 Å². The quantitative estimate of drug-likeness (QED) is 0.553. The van der Waals surface area contributed by atoms with Crippen molar-refractivity contribution in [3.8, 4) is 0 Å². The van der Waals surface area contributed by atoms with Gasteiger partial charge in [0.2, 0.25) is 0 Å². The Balaban J connectivity index is 1.28. The summed E-state index contributed by atoms with van der Waals surface area (Å²) in [5.41, 5.74) is -0.165. The largest absolute Gasteiger partial charge is 0.381 e. The minimum absolute atomic E-state index is 0.113. The lowest BCUT2D eigenvalue weighted by molar-refractivity contribution is 0.00184. The van der Waals surface area contributed by atoms with Crippen LogP contribution in [0.4, 0.5) is 0 Å². The highest BCUT2D eigenvalue weighted by molar-refractivity contribution is 5.92. The molecule has 2 aromatic carbocycles. The molecular weight excluding hydrogens is 384 g/mol. The molecule has 0 bridgehead atoms. The summed E-state index contributed by atoms with van der Waals surface area (Å²) in [7, 11) is 0. The van der Waals surface area contributed by atoms with E-state index in [9.17, 15) is 9.90 Å². The van der Waals surface area contributed by atoms with E-state index < -0.39 is 11.6 Å². The zero-order valence-electron chi connectivity index (χ0n) is 17.0. The zero-order valence-corrected chi connectivity index (χ0v) is 17.0. The second-order valence-electron chi connectivity index (χ2n) is 8.01. The van der Waals surface area contributed by atoms with Gasteiger partial charge < -0.3 is 24.4 Å². The zero-order chi connectivity index (χ0) is 21.0. The molecule has 1 aliphatic heterocycles. The normalized spacial score (nSPS) is 18.4. The van der Waals surface area contributed by atoms with Crippen LogP contribution < -0.4 is 5.32 Å². The molecule has 0 aliphatic carbocycles. The SMILES string of the molecule is CC(O)(CC1CCOC1)NC(=O)c1cc(COCc2ccc3ccccc3c2)on1. The second kappa shape index (κ2) is 8.95. The smallest absolute Gasteiger partial charge is 0.275 e. The van der Waals surface area contributed by atoms with Gasteiger partial charge in [-0.1, -0.05) is 41.6 Å². The van der Waals surface area contributed by atoms with Crippen LogP contribution in [-0.4, -0.2) is 35.1 Å². The fourth-order valence-electron chi connectivity index (χ4n) is 3.75. The lowest BCUT2D eigenvalue weighted by Crippen LogP contribution is -2.47. The van der Waals surface area contributed by atoms with E-state index >= 15 is 0 Å². The maximum absolute atomic E-state index is 12.4. The third kappa shape index (κ3) is 5.24. The Morgan fingerprint density at radius 3 is 2.87 bits per heavy atom. The van der Waals surface area contributed by atoms with Crippen molar-refractivity contribution >= 4 is 16.7 Å². The third-order valence-electron chi connectivity index (χ3n) is 5.21. The van der Waals surface area contributed by atoms with Gasteiger partial charge in [-0.2, -0.15) is 0 Å². The molecular formula is C23H26N2O5. The van der Waals surface area contributed by atoms with Gasteiger partial charge in [0, 0.05) is 19.3 Å². The van der Waals surface area contributed by atoms with E-state index in [2.05, 4.69) is 34.7 Å². The second-order valence-corrected chi connectivity index (χ2v) is 8.01. The summed E-state index contributed by atoms with van der Waals surface area (Å²) in [4.78, 5) is 12.4. The van der Waals surface area contributed by atoms with Crippen LogP contribution in [0.15, 0.2) is 53.1 Å². The number of carbonyl (C=O) groups is 1. The highest BCUT2D eigenvalue weighted by Gasteiger charge is 2.30. The Kier molecular flexibility index (Phi) is 6.13. The fourth-order valence-corrected chi connectivity index (χ4v) is 3.75. The molecule has 2 atom stereocenters. The van der Waals surface area contributed by atoms with Crippen molar-refractivity contribution in [1.82, 2.24) is 10.5 Å². The van der Waals surface area contributed by atoms with Gasteiger partial charge >= 0.3 is 0 Å². The summed E-state index contributed by atoms with van der Waals surface area (Å²) >= 11 is 0. The lowest BCUT2D eigenvalue weighted by atomic mass is 9.97. The van der Waals surface area contributed by atoms with Crippen molar-refractivity contribution in [2.75, 3.05) is 13.2 Å². The molecule has 158 valence electrons. The summed E-state index contributed by atoms with van der Waals surface area (Å²) in [6.07, 6.45) is 1.31. The Hall–Kier alpha value is -2.74. The van der Waals surface area contributed by atoms with Gasteiger partial charge in [-0.15, -0.1) is 0 Å². The number of amides is 1. The molecule has 7 nitrogen and oxygen atoms in total. The summed E-state index contributed by atoms with van der Waals surface area (Å²) < 4.78 is 16.2. The number of aromatic nitrogens is 1. The van der Waals surface area contributed by atoms with Crippen molar-refractivity contribution in [3.63, 3.8) is 0 Å². The first-order chi connectivity index (χ1) is 14.5. The van der Waals surface area contributed by atoms with Crippen LogP contribution >= 0.6 is 0 Å². The molecule has 1 amide bonds. The number of aliphatic hydroxyl groups is 1. The van der Waals surface area contributed by atoms with Crippen LogP contribution in [0.5, 0.6) is 0 Å². The van der Waals surface area contributed by atoms with Crippen LogP contribution in [0.3, 0.4) is 0 Å². The number of hydrogen-bond acceptors (Lipinski definition) is 6. The number of rotatable bonds is 8. The van der Waals surface area contributed by atoms with Crippen molar-refractivity contribution in [3.05, 3.63) is 65.5 Å². The van der Waals surface area contributed by atoms with E-state index in [0.717, 1.165) is 17.4 Å². The third-order valence-corrected chi connectivity index (χ3v) is 5.21. The monoisotopic (exact) mass is 410 g/mol. The summed E-state index contributed by atoms with van der Waals surface area (Å²) in [5, 5.41) is 19.2. The number of nitrogens with zero attached hydrogens (tertiary/aromatic N) is 1. The fraction of sp³-hybridized carbons (Fsp3) is 0.391. The molecule has 3 aromatic rings. The molecule has 1 fully saturated rings. The summed E-state index contributed by atoms with van der Waals surface area (Å²) in [5.74, 6) is 0.199. The van der Waals surface area contributed by atoms with Crippen LogP contribution in [0, 0.1) is 5.92 Å². The van der Waals surface area contributed by atoms with E-state index in [4.69, 9.17) is 14.0 Å². The van der Waals surface area contributed by atoms with Crippen LogP contribution in [-0.2, 0) is 22.7 Å². The van der Waals surface area contributed by atoms with Crippen molar-refractivity contribution < 1.29 is 23.9 Å². The predicted octanol–water partition coefficient (Wildman–Crippen LogP) is 3.41. The standard InChI is InChI=1S/C23H26N2O5/c1-23(27,12-17-8-9-28-14-17)24-22(26)21-11-20(30-25-21)15-29-13-16-6-7-18-4-2-3-5-19(18)10-16/h2-7,10-11,17,27H,8-9,12-15H2,1H3,(H,24,26). The molecule has 0 saturated carbocycles. The number of fused-ring (bicyclic) bond motifs is 1. The van der Waals surface area contributed by atoms with Crippen molar-refractivity contribution in [2.24, 2.45) is 5.92 Å². The van der Waals surface area contributed by atoms with Crippen LogP contribution in [0.2, 0.25) is 0 Å². The number of hydrogen-bond donors (Lipinski definition) is 2. The minimum atomic E-state index is -1.33.